The van der Waals surface area contributed by atoms with Gasteiger partial charge in [-0.1, -0.05) is 24.3 Å². The van der Waals surface area contributed by atoms with Gasteiger partial charge in [0.15, 0.2) is 0 Å². The van der Waals surface area contributed by atoms with E-state index in [1.54, 1.807) is 7.11 Å². The number of hydrogen-bond acceptors (Lipinski definition) is 3. The van der Waals surface area contributed by atoms with Crippen LogP contribution >= 0.6 is 0 Å². The van der Waals surface area contributed by atoms with Gasteiger partial charge in [0.2, 0.25) is 5.91 Å². The number of rotatable bonds is 6. The summed E-state index contributed by atoms with van der Waals surface area (Å²) in [4.78, 5) is 12.0. The lowest BCUT2D eigenvalue weighted by atomic mass is 9.87. The average molecular weight is 276 g/mol. The lowest BCUT2D eigenvalue weighted by Gasteiger charge is -2.28. The summed E-state index contributed by atoms with van der Waals surface area (Å²) < 4.78 is 4.93. The summed E-state index contributed by atoms with van der Waals surface area (Å²) in [5.74, 6) is 0.0325. The molecule has 0 aliphatic heterocycles. The van der Waals surface area contributed by atoms with Crippen molar-refractivity contribution in [1.29, 1.82) is 0 Å². The van der Waals surface area contributed by atoms with Gasteiger partial charge in [-0.3, -0.25) is 10.1 Å². The molecule has 2 unspecified atom stereocenters. The number of fused-ring (bicyclic) bond motifs is 1. The van der Waals surface area contributed by atoms with Crippen LogP contribution in [0.2, 0.25) is 0 Å². The van der Waals surface area contributed by atoms with Gasteiger partial charge < -0.3 is 10.1 Å². The minimum atomic E-state index is -0.192. The highest BCUT2D eigenvalue weighted by molar-refractivity contribution is 5.81. The Morgan fingerprint density at radius 3 is 3.05 bits per heavy atom. The number of ether oxygens (including phenoxy) is 1. The van der Waals surface area contributed by atoms with Crippen molar-refractivity contribution in [3.8, 4) is 0 Å². The van der Waals surface area contributed by atoms with Crippen LogP contribution in [-0.4, -0.2) is 32.2 Å². The third-order valence-corrected chi connectivity index (χ3v) is 3.82. The number of carbonyl (C=O) groups is 1. The van der Waals surface area contributed by atoms with E-state index in [-0.39, 0.29) is 18.0 Å². The molecule has 0 fully saturated rings. The standard InChI is InChI=1S/C16H24N2O2/c1-12(16(19)17-10-11-20-2)18-15-9-5-7-13-6-3-4-8-14(13)15/h3-4,6,8,12,15,18H,5,7,9-11H2,1-2H3,(H,17,19). The summed E-state index contributed by atoms with van der Waals surface area (Å²) in [6.07, 6.45) is 3.40. The van der Waals surface area contributed by atoms with Crippen molar-refractivity contribution in [3.63, 3.8) is 0 Å². The predicted octanol–water partition coefficient (Wildman–Crippen LogP) is 1.80. The highest BCUT2D eigenvalue weighted by Crippen LogP contribution is 2.29. The molecule has 1 amide bonds. The maximum absolute atomic E-state index is 12.0. The van der Waals surface area contributed by atoms with Gasteiger partial charge in [0, 0.05) is 19.7 Å². The summed E-state index contributed by atoms with van der Waals surface area (Å²) >= 11 is 0. The molecule has 2 rings (SSSR count). The Morgan fingerprint density at radius 2 is 2.25 bits per heavy atom. The van der Waals surface area contributed by atoms with Crippen molar-refractivity contribution in [1.82, 2.24) is 10.6 Å². The molecule has 1 aliphatic carbocycles. The lowest BCUT2D eigenvalue weighted by molar-refractivity contribution is -0.123. The number of carbonyl (C=O) groups excluding carboxylic acids is 1. The molecule has 1 aromatic carbocycles. The van der Waals surface area contributed by atoms with Crippen molar-refractivity contribution >= 4 is 5.91 Å². The van der Waals surface area contributed by atoms with Gasteiger partial charge in [0.25, 0.3) is 0 Å². The molecule has 4 nitrogen and oxygen atoms in total. The smallest absolute Gasteiger partial charge is 0.236 e. The molecule has 0 saturated carbocycles. The second-order valence-electron chi connectivity index (χ2n) is 5.32. The molecule has 0 spiro atoms. The molecule has 0 radical (unpaired) electrons. The third-order valence-electron chi connectivity index (χ3n) is 3.82. The number of amides is 1. The Labute approximate surface area is 120 Å². The van der Waals surface area contributed by atoms with Crippen LogP contribution in [-0.2, 0) is 16.0 Å². The minimum Gasteiger partial charge on any atom is -0.383 e. The summed E-state index contributed by atoms with van der Waals surface area (Å²) in [6, 6.07) is 8.60. The van der Waals surface area contributed by atoms with E-state index in [0.29, 0.717) is 13.2 Å². The summed E-state index contributed by atoms with van der Waals surface area (Å²) in [7, 11) is 1.63. The fourth-order valence-corrected chi connectivity index (χ4v) is 2.73. The summed E-state index contributed by atoms with van der Waals surface area (Å²) in [6.45, 7) is 3.02. The topological polar surface area (TPSA) is 50.4 Å². The molecule has 110 valence electrons. The van der Waals surface area contributed by atoms with E-state index in [4.69, 9.17) is 4.74 Å². The van der Waals surface area contributed by atoms with E-state index in [2.05, 4.69) is 34.9 Å². The van der Waals surface area contributed by atoms with Gasteiger partial charge in [0.1, 0.15) is 0 Å². The number of aryl methyl sites for hydroxylation is 1. The van der Waals surface area contributed by atoms with Crippen molar-refractivity contribution in [2.45, 2.75) is 38.3 Å². The Kier molecular flexibility index (Phi) is 5.56. The quantitative estimate of drug-likeness (QED) is 0.779. The predicted molar refractivity (Wildman–Crippen MR) is 79.6 cm³/mol. The summed E-state index contributed by atoms with van der Waals surface area (Å²) in [5, 5.41) is 6.32. The van der Waals surface area contributed by atoms with Gasteiger partial charge >= 0.3 is 0 Å². The van der Waals surface area contributed by atoms with E-state index in [0.717, 1.165) is 12.8 Å². The Morgan fingerprint density at radius 1 is 1.45 bits per heavy atom. The van der Waals surface area contributed by atoms with E-state index in [1.807, 2.05) is 6.92 Å². The van der Waals surface area contributed by atoms with Crippen LogP contribution in [0.5, 0.6) is 0 Å². The second kappa shape index (κ2) is 7.41. The van der Waals surface area contributed by atoms with Gasteiger partial charge in [0.05, 0.1) is 12.6 Å². The minimum absolute atomic E-state index is 0.0325. The maximum Gasteiger partial charge on any atom is 0.236 e. The number of benzene rings is 1. The largest absolute Gasteiger partial charge is 0.383 e. The maximum atomic E-state index is 12.0. The Bertz CT molecular complexity index is 448. The lowest BCUT2D eigenvalue weighted by Crippen LogP contribution is -2.45. The molecule has 2 N–H and O–H groups in total. The van der Waals surface area contributed by atoms with Crippen LogP contribution in [0, 0.1) is 0 Å². The van der Waals surface area contributed by atoms with Gasteiger partial charge in [-0.05, 0) is 37.3 Å². The first-order chi connectivity index (χ1) is 9.72. The van der Waals surface area contributed by atoms with Gasteiger partial charge in [-0.25, -0.2) is 0 Å². The molecule has 1 aliphatic rings. The number of hydrogen-bond donors (Lipinski definition) is 2. The van der Waals surface area contributed by atoms with E-state index < -0.39 is 0 Å². The fourth-order valence-electron chi connectivity index (χ4n) is 2.73. The Balaban J connectivity index is 1.92. The average Bonchev–Trinajstić information content (AvgIpc) is 2.47. The van der Waals surface area contributed by atoms with E-state index >= 15 is 0 Å². The molecular weight excluding hydrogens is 252 g/mol. The molecule has 2 atom stereocenters. The zero-order chi connectivity index (χ0) is 14.4. The normalized spacial score (nSPS) is 19.2. The first-order valence-corrected chi connectivity index (χ1v) is 7.33. The van der Waals surface area contributed by atoms with Crippen LogP contribution < -0.4 is 10.6 Å². The van der Waals surface area contributed by atoms with Crippen LogP contribution in [0.25, 0.3) is 0 Å². The number of nitrogens with one attached hydrogen (secondary N) is 2. The SMILES string of the molecule is COCCNC(=O)C(C)NC1CCCc2ccccc21. The van der Waals surface area contributed by atoms with Gasteiger partial charge in [-0.2, -0.15) is 0 Å². The second-order valence-corrected chi connectivity index (χ2v) is 5.32. The fraction of sp³-hybridized carbons (Fsp3) is 0.562. The summed E-state index contributed by atoms with van der Waals surface area (Å²) in [5.41, 5.74) is 2.75. The molecule has 0 bridgehead atoms. The van der Waals surface area contributed by atoms with Crippen LogP contribution in [0.1, 0.15) is 36.9 Å². The van der Waals surface area contributed by atoms with Crippen LogP contribution in [0.4, 0.5) is 0 Å². The molecule has 0 heterocycles. The van der Waals surface area contributed by atoms with E-state index in [1.165, 1.54) is 17.5 Å². The zero-order valence-corrected chi connectivity index (χ0v) is 12.3. The third kappa shape index (κ3) is 3.81. The molecular formula is C16H24N2O2. The van der Waals surface area contributed by atoms with Crippen LogP contribution in [0.15, 0.2) is 24.3 Å². The van der Waals surface area contributed by atoms with Gasteiger partial charge in [-0.15, -0.1) is 0 Å². The molecule has 0 saturated heterocycles. The first kappa shape index (κ1) is 15.0. The van der Waals surface area contributed by atoms with Crippen molar-refractivity contribution < 1.29 is 9.53 Å². The molecule has 0 aromatic heterocycles. The Hall–Kier alpha value is -1.39. The van der Waals surface area contributed by atoms with Crippen molar-refractivity contribution in [3.05, 3.63) is 35.4 Å². The monoisotopic (exact) mass is 276 g/mol. The molecule has 4 heteroatoms. The van der Waals surface area contributed by atoms with Crippen LogP contribution in [0.3, 0.4) is 0 Å². The molecule has 20 heavy (non-hydrogen) atoms. The first-order valence-electron chi connectivity index (χ1n) is 7.33. The van der Waals surface area contributed by atoms with E-state index in [9.17, 15) is 4.79 Å². The highest BCUT2D eigenvalue weighted by Gasteiger charge is 2.23. The highest BCUT2D eigenvalue weighted by atomic mass is 16.5. The number of methoxy groups -OCH3 is 1. The zero-order valence-electron chi connectivity index (χ0n) is 12.3. The van der Waals surface area contributed by atoms with Crippen molar-refractivity contribution in [2.75, 3.05) is 20.3 Å². The van der Waals surface area contributed by atoms with Crippen molar-refractivity contribution in [2.24, 2.45) is 0 Å². The molecule has 1 aromatic rings.